The minimum absolute atomic E-state index is 0. The summed E-state index contributed by atoms with van der Waals surface area (Å²) in [5, 5.41) is 0. The first-order valence-electron chi connectivity index (χ1n) is 8.41. The average molecular weight is 345 g/mol. The Kier molecular flexibility index (Phi) is 6.68. The Morgan fingerprint density at radius 1 is 1.00 bits per heavy atom. The predicted molar refractivity (Wildman–Crippen MR) is 102 cm³/mol. The van der Waals surface area contributed by atoms with Crippen LogP contribution in [0.4, 0.5) is 0 Å². The topological polar surface area (TPSA) is 27.1 Å². The van der Waals surface area contributed by atoms with Crippen LogP contribution in [0.5, 0.6) is 5.75 Å². The minimum atomic E-state index is 0. The molecule has 4 heteroatoms. The van der Waals surface area contributed by atoms with E-state index in [1.807, 2.05) is 12.1 Å². The van der Waals surface area contributed by atoms with Gasteiger partial charge in [-0.25, -0.2) is 4.98 Å². The second-order valence-corrected chi connectivity index (χ2v) is 5.89. The molecule has 0 atom stereocenters. The van der Waals surface area contributed by atoms with Crippen molar-refractivity contribution in [1.82, 2.24) is 9.55 Å². The van der Waals surface area contributed by atoms with E-state index in [1.54, 1.807) is 0 Å². The molecular weight excluding hydrogens is 320 g/mol. The van der Waals surface area contributed by atoms with Gasteiger partial charge < -0.3 is 9.30 Å². The van der Waals surface area contributed by atoms with E-state index in [2.05, 4.69) is 54.8 Å². The number of ether oxygens (including phenoxy) is 1. The van der Waals surface area contributed by atoms with Crippen LogP contribution in [0.15, 0.2) is 48.5 Å². The Morgan fingerprint density at radius 2 is 1.75 bits per heavy atom. The van der Waals surface area contributed by atoms with E-state index in [1.165, 1.54) is 16.9 Å². The number of para-hydroxylation sites is 2. The van der Waals surface area contributed by atoms with E-state index in [0.717, 1.165) is 43.7 Å². The van der Waals surface area contributed by atoms with E-state index in [-0.39, 0.29) is 12.4 Å². The number of hydrogen-bond acceptors (Lipinski definition) is 2. The average Bonchev–Trinajstić information content (AvgIpc) is 2.94. The van der Waals surface area contributed by atoms with Crippen LogP contribution >= 0.6 is 12.4 Å². The quantitative estimate of drug-likeness (QED) is 0.551. The molecule has 0 aliphatic rings. The van der Waals surface area contributed by atoms with Crippen molar-refractivity contribution in [3.05, 3.63) is 59.9 Å². The normalized spacial score (nSPS) is 10.6. The first-order valence-corrected chi connectivity index (χ1v) is 8.41. The van der Waals surface area contributed by atoms with E-state index in [4.69, 9.17) is 9.72 Å². The van der Waals surface area contributed by atoms with Crippen LogP contribution in [0.3, 0.4) is 0 Å². The highest BCUT2D eigenvalue weighted by Gasteiger charge is 2.08. The molecule has 0 aliphatic carbocycles. The first-order chi connectivity index (χ1) is 11.3. The minimum Gasteiger partial charge on any atom is -0.494 e. The van der Waals surface area contributed by atoms with Gasteiger partial charge in [0, 0.05) is 13.0 Å². The summed E-state index contributed by atoms with van der Waals surface area (Å²) in [6.07, 6.45) is 3.11. The van der Waals surface area contributed by atoms with Crippen molar-refractivity contribution >= 4 is 23.4 Å². The third-order valence-electron chi connectivity index (χ3n) is 4.12. The van der Waals surface area contributed by atoms with E-state index >= 15 is 0 Å². The van der Waals surface area contributed by atoms with Crippen molar-refractivity contribution in [3.63, 3.8) is 0 Å². The third-order valence-corrected chi connectivity index (χ3v) is 4.12. The van der Waals surface area contributed by atoms with Gasteiger partial charge in [-0.2, -0.15) is 0 Å². The zero-order chi connectivity index (χ0) is 16.1. The van der Waals surface area contributed by atoms with Gasteiger partial charge in [0.2, 0.25) is 0 Å². The summed E-state index contributed by atoms with van der Waals surface area (Å²) in [5.41, 5.74) is 3.60. The van der Waals surface area contributed by atoms with Gasteiger partial charge >= 0.3 is 0 Å². The lowest BCUT2D eigenvalue weighted by molar-refractivity contribution is 0.303. The molecule has 0 amide bonds. The Labute approximate surface area is 150 Å². The van der Waals surface area contributed by atoms with Crippen molar-refractivity contribution < 1.29 is 4.74 Å². The van der Waals surface area contributed by atoms with Crippen molar-refractivity contribution in [2.45, 2.75) is 39.7 Å². The maximum Gasteiger partial charge on any atom is 0.119 e. The van der Waals surface area contributed by atoms with Crippen molar-refractivity contribution in [1.29, 1.82) is 0 Å². The third kappa shape index (κ3) is 4.30. The SMILES string of the molecule is CCc1nc2ccccc2n1CCCCOc1ccc(C)cc1.Cl. The number of aryl methyl sites for hydroxylation is 3. The molecule has 0 saturated heterocycles. The largest absolute Gasteiger partial charge is 0.494 e. The molecule has 0 aliphatic heterocycles. The molecule has 0 unspecified atom stereocenters. The summed E-state index contributed by atoms with van der Waals surface area (Å²) in [4.78, 5) is 4.72. The summed E-state index contributed by atoms with van der Waals surface area (Å²) >= 11 is 0. The smallest absolute Gasteiger partial charge is 0.119 e. The molecule has 0 bridgehead atoms. The number of rotatable bonds is 7. The molecule has 0 fully saturated rings. The predicted octanol–water partition coefficient (Wildman–Crippen LogP) is 5.19. The Balaban J connectivity index is 0.00000208. The molecule has 3 nitrogen and oxygen atoms in total. The summed E-state index contributed by atoms with van der Waals surface area (Å²) in [7, 11) is 0. The van der Waals surface area contributed by atoms with Gasteiger partial charge in [-0.1, -0.05) is 36.8 Å². The lowest BCUT2D eigenvalue weighted by Crippen LogP contribution is -2.05. The zero-order valence-electron chi connectivity index (χ0n) is 14.4. The van der Waals surface area contributed by atoms with Crippen LogP contribution in [-0.2, 0) is 13.0 Å². The second kappa shape index (κ2) is 8.74. The number of unbranched alkanes of at least 4 members (excludes halogenated alkanes) is 1. The van der Waals surface area contributed by atoms with Gasteiger partial charge in [0.05, 0.1) is 17.6 Å². The summed E-state index contributed by atoms with van der Waals surface area (Å²) < 4.78 is 8.15. The Hall–Kier alpha value is -2.00. The standard InChI is InChI=1S/C20H24N2O.ClH/c1-3-20-21-18-8-4-5-9-19(18)22(20)14-6-7-15-23-17-12-10-16(2)11-13-17;/h4-5,8-13H,3,6-7,14-15H2,1-2H3;1H. The maximum atomic E-state index is 5.80. The van der Waals surface area contributed by atoms with Gasteiger partial charge in [0.1, 0.15) is 11.6 Å². The number of imidazole rings is 1. The summed E-state index contributed by atoms with van der Waals surface area (Å²) in [6, 6.07) is 16.6. The number of hydrogen-bond donors (Lipinski definition) is 0. The lowest BCUT2D eigenvalue weighted by Gasteiger charge is -2.09. The van der Waals surface area contributed by atoms with Crippen molar-refractivity contribution in [2.75, 3.05) is 6.61 Å². The fourth-order valence-corrected chi connectivity index (χ4v) is 2.84. The summed E-state index contributed by atoms with van der Waals surface area (Å²) in [5.74, 6) is 2.13. The van der Waals surface area contributed by atoms with Crippen LogP contribution in [0.2, 0.25) is 0 Å². The van der Waals surface area contributed by atoms with Crippen LogP contribution in [-0.4, -0.2) is 16.2 Å². The van der Waals surface area contributed by atoms with Crippen LogP contribution in [0, 0.1) is 6.92 Å². The zero-order valence-corrected chi connectivity index (χ0v) is 15.2. The first kappa shape index (κ1) is 18.3. The molecule has 24 heavy (non-hydrogen) atoms. The summed E-state index contributed by atoms with van der Waals surface area (Å²) in [6.45, 7) is 6.01. The monoisotopic (exact) mass is 344 g/mol. The van der Waals surface area contributed by atoms with Gasteiger partial charge in [-0.3, -0.25) is 0 Å². The van der Waals surface area contributed by atoms with Crippen molar-refractivity contribution in [3.8, 4) is 5.75 Å². The van der Waals surface area contributed by atoms with Crippen LogP contribution in [0.1, 0.15) is 31.2 Å². The molecule has 0 spiro atoms. The molecule has 3 rings (SSSR count). The highest BCUT2D eigenvalue weighted by Crippen LogP contribution is 2.17. The van der Waals surface area contributed by atoms with Gasteiger partial charge in [-0.15, -0.1) is 12.4 Å². The fourth-order valence-electron chi connectivity index (χ4n) is 2.84. The van der Waals surface area contributed by atoms with Gasteiger partial charge in [0.15, 0.2) is 0 Å². The van der Waals surface area contributed by atoms with Crippen LogP contribution in [0.25, 0.3) is 11.0 Å². The molecule has 1 heterocycles. The van der Waals surface area contributed by atoms with Crippen molar-refractivity contribution in [2.24, 2.45) is 0 Å². The lowest BCUT2D eigenvalue weighted by atomic mass is 10.2. The van der Waals surface area contributed by atoms with E-state index in [0.29, 0.717) is 0 Å². The fraction of sp³-hybridized carbons (Fsp3) is 0.350. The molecule has 0 saturated carbocycles. The molecule has 128 valence electrons. The molecular formula is C20H25ClN2O. The second-order valence-electron chi connectivity index (χ2n) is 5.89. The van der Waals surface area contributed by atoms with Gasteiger partial charge in [0.25, 0.3) is 0 Å². The number of aromatic nitrogens is 2. The number of halogens is 1. The van der Waals surface area contributed by atoms with E-state index in [9.17, 15) is 0 Å². The number of nitrogens with zero attached hydrogens (tertiary/aromatic N) is 2. The highest BCUT2D eigenvalue weighted by molar-refractivity contribution is 5.85. The van der Waals surface area contributed by atoms with Crippen LogP contribution < -0.4 is 4.74 Å². The molecule has 1 aromatic heterocycles. The van der Waals surface area contributed by atoms with E-state index < -0.39 is 0 Å². The molecule has 0 radical (unpaired) electrons. The van der Waals surface area contributed by atoms with Gasteiger partial charge in [-0.05, 0) is 44.0 Å². The molecule has 3 aromatic rings. The Morgan fingerprint density at radius 3 is 2.50 bits per heavy atom. The highest BCUT2D eigenvalue weighted by atomic mass is 35.5. The Bertz CT molecular complexity index is 765. The number of benzene rings is 2. The maximum absolute atomic E-state index is 5.80. The number of fused-ring (bicyclic) bond motifs is 1. The molecule has 0 N–H and O–H groups in total. The molecule has 2 aromatic carbocycles.